The van der Waals surface area contributed by atoms with Crippen molar-refractivity contribution in [2.75, 3.05) is 6.61 Å². The van der Waals surface area contributed by atoms with Gasteiger partial charge in [-0.25, -0.2) is 0 Å². The molecule has 6 rings (SSSR count). The van der Waals surface area contributed by atoms with Crippen LogP contribution in [0.5, 0.6) is 11.5 Å². The Balaban J connectivity index is 1.47. The van der Waals surface area contributed by atoms with E-state index < -0.39 is 12.3 Å². The Labute approximate surface area is 246 Å². The first-order chi connectivity index (χ1) is 20.4. The third-order valence-electron chi connectivity index (χ3n) is 8.49. The van der Waals surface area contributed by atoms with Gasteiger partial charge in [0.05, 0.1) is 31.6 Å². The predicted molar refractivity (Wildman–Crippen MR) is 162 cm³/mol. The molecule has 0 saturated heterocycles. The van der Waals surface area contributed by atoms with Gasteiger partial charge in [-0.2, -0.15) is 0 Å². The molecule has 0 saturated carbocycles. The van der Waals surface area contributed by atoms with Crippen LogP contribution in [0.15, 0.2) is 59.9 Å². The summed E-state index contributed by atoms with van der Waals surface area (Å²) >= 11 is 0. The largest absolute Gasteiger partial charge is 0.504 e. The molecule has 1 aromatic heterocycles. The van der Waals surface area contributed by atoms with Gasteiger partial charge < -0.3 is 40.4 Å². The minimum Gasteiger partial charge on any atom is -0.504 e. The molecule has 6 N–H and O–H groups in total. The number of dihydropyridines is 1. The normalized spacial score (nSPS) is 24.9. The number of aryl methyl sites for hydroxylation is 1. The molecule has 3 aromatic rings. The van der Waals surface area contributed by atoms with Crippen molar-refractivity contribution in [3.8, 4) is 23.3 Å². The maximum atomic E-state index is 11.1. The Morgan fingerprint density at radius 2 is 2.00 bits per heavy atom. The van der Waals surface area contributed by atoms with Gasteiger partial charge in [0.25, 0.3) is 0 Å². The van der Waals surface area contributed by atoms with Crippen LogP contribution in [-0.4, -0.2) is 44.9 Å². The van der Waals surface area contributed by atoms with Crippen LogP contribution in [-0.2, 0) is 24.4 Å². The maximum Gasteiger partial charge on any atom is 0.161 e. The van der Waals surface area contributed by atoms with Crippen LogP contribution in [0.2, 0.25) is 0 Å². The molecule has 3 aliphatic heterocycles. The third-order valence-corrected chi connectivity index (χ3v) is 8.49. The molecule has 4 atom stereocenters. The number of hydrogen-bond acceptors (Lipinski definition) is 7. The van der Waals surface area contributed by atoms with Crippen LogP contribution >= 0.6 is 0 Å². The first kappa shape index (κ1) is 28.4. The van der Waals surface area contributed by atoms with Gasteiger partial charge in [-0.1, -0.05) is 37.0 Å². The van der Waals surface area contributed by atoms with Crippen LogP contribution in [0, 0.1) is 17.8 Å². The van der Waals surface area contributed by atoms with Crippen molar-refractivity contribution in [1.29, 1.82) is 0 Å². The van der Waals surface area contributed by atoms with Gasteiger partial charge in [0.15, 0.2) is 11.5 Å². The maximum absolute atomic E-state index is 11.1. The van der Waals surface area contributed by atoms with Crippen LogP contribution in [0.3, 0.4) is 0 Å². The SMILES string of the molecule is C[C@H]1C#CC2=CC(N)NC3=C2CO[C@@H](CCC1)C[C@H](O)CCc1cc(c(O)cc1CO)OCc1cccc2cn3cc12. The lowest BCUT2D eigenvalue weighted by Gasteiger charge is -2.28. The zero-order valence-electron chi connectivity index (χ0n) is 24.0. The number of phenols is 1. The van der Waals surface area contributed by atoms with E-state index in [0.29, 0.717) is 37.2 Å². The lowest BCUT2D eigenvalue weighted by molar-refractivity contribution is 0.0167. The van der Waals surface area contributed by atoms with E-state index in [9.17, 15) is 15.3 Å². The van der Waals surface area contributed by atoms with Gasteiger partial charge in [-0.05, 0) is 73.4 Å². The molecule has 0 fully saturated rings. The van der Waals surface area contributed by atoms with Gasteiger partial charge in [-0.3, -0.25) is 0 Å². The zero-order valence-corrected chi connectivity index (χ0v) is 24.0. The number of nitrogens with two attached hydrogens (primary N) is 1. The molecule has 4 heterocycles. The smallest absolute Gasteiger partial charge is 0.161 e. The molecule has 1 unspecified atom stereocenters. The predicted octanol–water partition coefficient (Wildman–Crippen LogP) is 4.31. The molecule has 8 nitrogen and oxygen atoms in total. The van der Waals surface area contributed by atoms with E-state index >= 15 is 0 Å². The summed E-state index contributed by atoms with van der Waals surface area (Å²) in [6.07, 6.45) is 9.20. The molecular formula is C34H39N3O5. The number of ether oxygens (including phenoxy) is 2. The molecule has 220 valence electrons. The Morgan fingerprint density at radius 3 is 2.86 bits per heavy atom. The van der Waals surface area contributed by atoms with Crippen molar-refractivity contribution in [2.24, 2.45) is 11.7 Å². The summed E-state index contributed by atoms with van der Waals surface area (Å²) in [5.74, 6) is 8.21. The molecular weight excluding hydrogens is 530 g/mol. The number of nitrogens with zero attached hydrogens (tertiary/aromatic N) is 1. The van der Waals surface area contributed by atoms with Crippen molar-refractivity contribution < 1.29 is 24.8 Å². The number of phenolic OH excluding ortho intramolecular Hbond substituents is 1. The first-order valence-corrected chi connectivity index (χ1v) is 14.8. The quantitative estimate of drug-likeness (QED) is 0.277. The Bertz CT molecular complexity index is 1590. The number of hydrogen-bond donors (Lipinski definition) is 5. The number of aromatic hydroxyl groups is 1. The highest BCUT2D eigenvalue weighted by atomic mass is 16.5. The molecule has 42 heavy (non-hydrogen) atoms. The number of benzene rings is 2. The van der Waals surface area contributed by atoms with E-state index in [2.05, 4.69) is 42.5 Å². The van der Waals surface area contributed by atoms with Gasteiger partial charge >= 0.3 is 0 Å². The molecule has 0 radical (unpaired) electrons. The lowest BCUT2D eigenvalue weighted by atomic mass is 9.96. The summed E-state index contributed by atoms with van der Waals surface area (Å²) in [7, 11) is 0. The van der Waals surface area contributed by atoms with Crippen LogP contribution in [0.1, 0.15) is 55.7 Å². The zero-order chi connectivity index (χ0) is 29.2. The Morgan fingerprint density at radius 1 is 1.12 bits per heavy atom. The first-order valence-electron chi connectivity index (χ1n) is 14.8. The van der Waals surface area contributed by atoms with E-state index in [1.165, 1.54) is 0 Å². The topological polar surface area (TPSA) is 122 Å². The monoisotopic (exact) mass is 569 g/mol. The van der Waals surface area contributed by atoms with Crippen molar-refractivity contribution in [3.63, 3.8) is 0 Å². The molecule has 6 bridgehead atoms. The third kappa shape index (κ3) is 6.06. The summed E-state index contributed by atoms with van der Waals surface area (Å²) in [4.78, 5) is 0. The molecule has 0 aliphatic carbocycles. The molecule has 0 spiro atoms. The van der Waals surface area contributed by atoms with Gasteiger partial charge in [0.1, 0.15) is 12.4 Å². The van der Waals surface area contributed by atoms with Crippen LogP contribution in [0.4, 0.5) is 0 Å². The lowest BCUT2D eigenvalue weighted by Crippen LogP contribution is -2.40. The van der Waals surface area contributed by atoms with Gasteiger partial charge in [-0.15, -0.1) is 0 Å². The Kier molecular flexibility index (Phi) is 8.27. The van der Waals surface area contributed by atoms with E-state index in [0.717, 1.165) is 58.1 Å². The molecule has 2 aromatic carbocycles. The van der Waals surface area contributed by atoms with Crippen LogP contribution in [0.25, 0.3) is 16.6 Å². The van der Waals surface area contributed by atoms with Crippen molar-refractivity contribution in [1.82, 2.24) is 9.88 Å². The fraction of sp³-hybridized carbons (Fsp3) is 0.412. The highest BCUT2D eigenvalue weighted by Gasteiger charge is 2.25. The molecule has 3 aliphatic rings. The highest BCUT2D eigenvalue weighted by molar-refractivity contribution is 5.87. The number of nitrogens with one attached hydrogen (secondary N) is 1. The second-order valence-electron chi connectivity index (χ2n) is 11.7. The van der Waals surface area contributed by atoms with E-state index in [1.54, 1.807) is 12.1 Å². The average Bonchev–Trinajstić information content (AvgIpc) is 3.40. The van der Waals surface area contributed by atoms with Gasteiger partial charge in [0.2, 0.25) is 0 Å². The number of rotatable bonds is 1. The van der Waals surface area contributed by atoms with E-state index in [4.69, 9.17) is 15.2 Å². The second kappa shape index (κ2) is 12.2. The summed E-state index contributed by atoms with van der Waals surface area (Å²) in [6.45, 7) is 2.52. The minimum absolute atomic E-state index is 0.0219. The van der Waals surface area contributed by atoms with Crippen molar-refractivity contribution in [3.05, 3.63) is 76.6 Å². The minimum atomic E-state index is -0.594. The molecule has 8 heteroatoms. The number of aliphatic hydroxyl groups is 2. The van der Waals surface area contributed by atoms with Crippen molar-refractivity contribution in [2.45, 2.75) is 77.0 Å². The fourth-order valence-corrected chi connectivity index (χ4v) is 6.12. The van der Waals surface area contributed by atoms with Gasteiger partial charge in [0, 0.05) is 40.2 Å². The molecule has 0 amide bonds. The summed E-state index contributed by atoms with van der Waals surface area (Å²) in [5, 5.41) is 37.2. The van der Waals surface area contributed by atoms with E-state index in [1.807, 2.05) is 22.8 Å². The second-order valence-corrected chi connectivity index (χ2v) is 11.7. The van der Waals surface area contributed by atoms with Crippen LogP contribution < -0.4 is 15.8 Å². The fourth-order valence-electron chi connectivity index (χ4n) is 6.12. The van der Waals surface area contributed by atoms with E-state index in [-0.39, 0.29) is 31.0 Å². The summed E-state index contributed by atoms with van der Waals surface area (Å²) < 4.78 is 14.8. The highest BCUT2D eigenvalue weighted by Crippen LogP contribution is 2.34. The van der Waals surface area contributed by atoms with Crippen molar-refractivity contribution >= 4 is 16.6 Å². The summed E-state index contributed by atoms with van der Waals surface area (Å²) in [5.41, 5.74) is 10.7. The average molecular weight is 570 g/mol. The standard InChI is InChI=1S/C34H39N3O5/c1-21-4-2-7-28-15-27(39)11-10-22-13-32(31(40)12-26(22)18-38)42-19-25-6-3-5-24-16-37(17-29(24)25)34-30(20-41-28)23(9-8-21)14-33(35)36-34/h3,5-6,12-14,16-17,21,27-28,33,36,38-40H,2,4,7,10-11,15,18-20,35H2,1H3/t21-,27-,28+,33?/m1/s1. The number of fused-ring (bicyclic) bond motifs is 6. The Hall–Kier alpha value is -3.74. The number of aromatic nitrogens is 1. The number of aliphatic hydroxyl groups excluding tert-OH is 2. The summed E-state index contributed by atoms with van der Waals surface area (Å²) in [6, 6.07) is 9.40.